The molecule has 0 aliphatic carbocycles. The fourth-order valence-electron chi connectivity index (χ4n) is 3.21. The SMILES string of the molecule is CCCn1c(SCc2cc(=O)oc3c(C)c(O)ccc23)nnc1-c1ccncc1. The maximum Gasteiger partial charge on any atom is 0.336 e. The predicted molar refractivity (Wildman–Crippen MR) is 112 cm³/mol. The van der Waals surface area contributed by atoms with Crippen molar-refractivity contribution < 1.29 is 9.52 Å². The number of phenolic OH excluding ortho intramolecular Hbond substituents is 1. The van der Waals surface area contributed by atoms with Crippen molar-refractivity contribution in [2.45, 2.75) is 37.7 Å². The highest BCUT2D eigenvalue weighted by Gasteiger charge is 2.16. The molecule has 0 atom stereocenters. The molecule has 3 aromatic heterocycles. The lowest BCUT2D eigenvalue weighted by Gasteiger charge is -2.10. The maximum atomic E-state index is 12.0. The van der Waals surface area contributed by atoms with Gasteiger partial charge in [0.25, 0.3) is 0 Å². The van der Waals surface area contributed by atoms with Crippen LogP contribution in [0.4, 0.5) is 0 Å². The third-order valence-electron chi connectivity index (χ3n) is 4.68. The Bertz CT molecular complexity index is 1220. The van der Waals surface area contributed by atoms with Crippen LogP contribution in [-0.2, 0) is 12.3 Å². The van der Waals surface area contributed by atoms with E-state index in [9.17, 15) is 9.90 Å². The van der Waals surface area contributed by atoms with Crippen LogP contribution in [0.1, 0.15) is 24.5 Å². The van der Waals surface area contributed by atoms with Crippen molar-refractivity contribution in [3.8, 4) is 17.1 Å². The highest BCUT2D eigenvalue weighted by atomic mass is 32.2. The molecule has 29 heavy (non-hydrogen) atoms. The first-order valence-corrected chi connectivity index (χ1v) is 10.3. The fraction of sp³-hybridized carbons (Fsp3) is 0.238. The molecule has 0 fully saturated rings. The second-order valence-electron chi connectivity index (χ2n) is 6.66. The van der Waals surface area contributed by atoms with Crippen LogP contribution >= 0.6 is 11.8 Å². The van der Waals surface area contributed by atoms with Crippen LogP contribution in [0.5, 0.6) is 5.75 Å². The molecule has 0 spiro atoms. The molecule has 3 heterocycles. The Kier molecular flexibility index (Phi) is 5.35. The Hall–Kier alpha value is -3.13. The molecular weight excluding hydrogens is 388 g/mol. The van der Waals surface area contributed by atoms with E-state index in [0.717, 1.165) is 40.5 Å². The summed E-state index contributed by atoms with van der Waals surface area (Å²) in [7, 11) is 0. The average molecular weight is 408 g/mol. The monoisotopic (exact) mass is 408 g/mol. The van der Waals surface area contributed by atoms with E-state index >= 15 is 0 Å². The molecule has 148 valence electrons. The summed E-state index contributed by atoms with van der Waals surface area (Å²) in [6.45, 7) is 4.63. The standard InChI is InChI=1S/C21H20N4O3S/c1-3-10-25-20(14-6-8-22-9-7-14)23-24-21(25)29-12-15-11-18(27)28-19-13(2)17(26)5-4-16(15)19/h4-9,11,26H,3,10,12H2,1-2H3. The van der Waals surface area contributed by atoms with Gasteiger partial charge in [0, 0.05) is 47.3 Å². The summed E-state index contributed by atoms with van der Waals surface area (Å²) in [6.07, 6.45) is 4.42. The topological polar surface area (TPSA) is 94.0 Å². The molecule has 4 rings (SSSR count). The number of pyridine rings is 1. The Morgan fingerprint density at radius 2 is 1.97 bits per heavy atom. The van der Waals surface area contributed by atoms with Gasteiger partial charge in [-0.15, -0.1) is 10.2 Å². The number of aryl methyl sites for hydroxylation is 1. The lowest BCUT2D eigenvalue weighted by atomic mass is 10.1. The van der Waals surface area contributed by atoms with Crippen molar-refractivity contribution in [3.63, 3.8) is 0 Å². The van der Waals surface area contributed by atoms with Gasteiger partial charge in [0.2, 0.25) is 0 Å². The lowest BCUT2D eigenvalue weighted by Crippen LogP contribution is -2.03. The van der Waals surface area contributed by atoms with Gasteiger partial charge < -0.3 is 14.1 Å². The molecule has 8 heteroatoms. The molecule has 0 aliphatic rings. The summed E-state index contributed by atoms with van der Waals surface area (Å²) in [4.78, 5) is 16.1. The zero-order chi connectivity index (χ0) is 20.4. The molecule has 0 saturated heterocycles. The first-order chi connectivity index (χ1) is 14.1. The number of phenols is 1. The van der Waals surface area contributed by atoms with Gasteiger partial charge >= 0.3 is 5.63 Å². The maximum absolute atomic E-state index is 12.0. The van der Waals surface area contributed by atoms with Crippen LogP contribution in [0.2, 0.25) is 0 Å². The third kappa shape index (κ3) is 3.75. The second kappa shape index (κ2) is 8.08. The Balaban J connectivity index is 1.69. The minimum absolute atomic E-state index is 0.107. The Morgan fingerprint density at radius 1 is 1.17 bits per heavy atom. The summed E-state index contributed by atoms with van der Waals surface area (Å²) in [5.41, 5.74) is 2.33. The quantitative estimate of drug-likeness (QED) is 0.378. The van der Waals surface area contributed by atoms with Crippen molar-refractivity contribution in [2.24, 2.45) is 0 Å². The second-order valence-corrected chi connectivity index (χ2v) is 7.60. The number of thioether (sulfide) groups is 1. The lowest BCUT2D eigenvalue weighted by molar-refractivity contribution is 0.468. The van der Waals surface area contributed by atoms with E-state index in [0.29, 0.717) is 16.9 Å². The zero-order valence-corrected chi connectivity index (χ0v) is 16.9. The van der Waals surface area contributed by atoms with Gasteiger partial charge in [0.05, 0.1) is 0 Å². The van der Waals surface area contributed by atoms with E-state index in [1.807, 2.05) is 12.1 Å². The minimum atomic E-state index is -0.436. The molecular formula is C21H20N4O3S. The van der Waals surface area contributed by atoms with Gasteiger partial charge in [0.1, 0.15) is 11.3 Å². The highest BCUT2D eigenvalue weighted by molar-refractivity contribution is 7.98. The number of hydrogen-bond acceptors (Lipinski definition) is 7. The summed E-state index contributed by atoms with van der Waals surface area (Å²) in [6, 6.07) is 8.71. The van der Waals surface area contributed by atoms with E-state index in [1.165, 1.54) is 17.8 Å². The number of aromatic hydroxyl groups is 1. The van der Waals surface area contributed by atoms with Crippen LogP contribution in [0.15, 0.2) is 57.1 Å². The highest BCUT2D eigenvalue weighted by Crippen LogP contribution is 2.31. The summed E-state index contributed by atoms with van der Waals surface area (Å²) in [5.74, 6) is 1.44. The van der Waals surface area contributed by atoms with Gasteiger partial charge in [-0.1, -0.05) is 18.7 Å². The van der Waals surface area contributed by atoms with Crippen LogP contribution in [0.25, 0.3) is 22.4 Å². The molecule has 0 amide bonds. The Labute approximate surface area is 171 Å². The van der Waals surface area contributed by atoms with Gasteiger partial charge in [0.15, 0.2) is 11.0 Å². The van der Waals surface area contributed by atoms with E-state index in [1.54, 1.807) is 31.5 Å². The van der Waals surface area contributed by atoms with Gasteiger partial charge in [-0.2, -0.15) is 0 Å². The van der Waals surface area contributed by atoms with Crippen molar-refractivity contribution in [3.05, 3.63) is 64.3 Å². The van der Waals surface area contributed by atoms with E-state index in [-0.39, 0.29) is 5.75 Å². The molecule has 1 N–H and O–H groups in total. The smallest absolute Gasteiger partial charge is 0.336 e. The van der Waals surface area contributed by atoms with Crippen molar-refractivity contribution in [1.29, 1.82) is 0 Å². The molecule has 4 aromatic rings. The van der Waals surface area contributed by atoms with E-state index < -0.39 is 5.63 Å². The minimum Gasteiger partial charge on any atom is -0.508 e. The van der Waals surface area contributed by atoms with Gasteiger partial charge in [-0.25, -0.2) is 4.79 Å². The first-order valence-electron chi connectivity index (χ1n) is 9.30. The number of benzene rings is 1. The van der Waals surface area contributed by atoms with Crippen molar-refractivity contribution >= 4 is 22.7 Å². The molecule has 7 nitrogen and oxygen atoms in total. The summed E-state index contributed by atoms with van der Waals surface area (Å²) < 4.78 is 7.41. The van der Waals surface area contributed by atoms with Gasteiger partial charge in [-0.3, -0.25) is 4.98 Å². The van der Waals surface area contributed by atoms with Crippen LogP contribution < -0.4 is 5.63 Å². The molecule has 1 aromatic carbocycles. The van der Waals surface area contributed by atoms with Gasteiger partial charge in [-0.05, 0) is 43.2 Å². The number of aromatic nitrogens is 4. The van der Waals surface area contributed by atoms with E-state index in [4.69, 9.17) is 4.42 Å². The fourth-order valence-corrected chi connectivity index (χ4v) is 4.17. The third-order valence-corrected chi connectivity index (χ3v) is 5.69. The number of rotatable bonds is 6. The molecule has 0 saturated carbocycles. The average Bonchev–Trinajstić information content (AvgIpc) is 3.13. The summed E-state index contributed by atoms with van der Waals surface area (Å²) in [5, 5.41) is 20.3. The van der Waals surface area contributed by atoms with Crippen LogP contribution in [0, 0.1) is 6.92 Å². The predicted octanol–water partition coefficient (Wildman–Crippen LogP) is 4.16. The molecule has 0 unspecified atom stereocenters. The van der Waals surface area contributed by atoms with Crippen molar-refractivity contribution in [2.75, 3.05) is 0 Å². The molecule has 0 aliphatic heterocycles. The first kappa shape index (κ1) is 19.2. The molecule has 0 radical (unpaired) electrons. The normalized spacial score (nSPS) is 11.2. The Morgan fingerprint density at radius 3 is 2.72 bits per heavy atom. The largest absolute Gasteiger partial charge is 0.508 e. The van der Waals surface area contributed by atoms with Crippen LogP contribution in [0.3, 0.4) is 0 Å². The van der Waals surface area contributed by atoms with Crippen molar-refractivity contribution in [1.82, 2.24) is 19.7 Å². The summed E-state index contributed by atoms with van der Waals surface area (Å²) >= 11 is 1.52. The molecule has 0 bridgehead atoms. The zero-order valence-electron chi connectivity index (χ0n) is 16.1. The van der Waals surface area contributed by atoms with Crippen LogP contribution in [-0.4, -0.2) is 24.9 Å². The number of hydrogen-bond donors (Lipinski definition) is 1. The van der Waals surface area contributed by atoms with E-state index in [2.05, 4.69) is 26.7 Å². The number of nitrogens with zero attached hydrogens (tertiary/aromatic N) is 4. The number of fused-ring (bicyclic) bond motifs is 1.